The van der Waals surface area contributed by atoms with Crippen LogP contribution in [0.3, 0.4) is 0 Å². The highest BCUT2D eigenvalue weighted by Gasteiger charge is 2.23. The van der Waals surface area contributed by atoms with E-state index in [4.69, 9.17) is 0 Å². The maximum absolute atomic E-state index is 12.8. The molecule has 0 aliphatic carbocycles. The van der Waals surface area contributed by atoms with Gasteiger partial charge in [0, 0.05) is 11.8 Å². The summed E-state index contributed by atoms with van der Waals surface area (Å²) in [5.74, 6) is -0.777. The fourth-order valence-corrected chi connectivity index (χ4v) is 1.57. The summed E-state index contributed by atoms with van der Waals surface area (Å²) in [5.41, 5.74) is -0.265. The molecule has 1 heterocycles. The van der Waals surface area contributed by atoms with Gasteiger partial charge in [0.05, 0.1) is 12.2 Å². The molecule has 0 aromatic carbocycles. The molecule has 1 aromatic rings. The standard InChI is InChI=1S/C10H10BrF2NO2/c1-3-16-10(15)6-4-14-8(11)5(2)7(6)9(12)13/h4,9H,3H2,1-2H3. The van der Waals surface area contributed by atoms with Crippen molar-refractivity contribution in [3.05, 3.63) is 27.5 Å². The van der Waals surface area contributed by atoms with Gasteiger partial charge in [-0.3, -0.25) is 0 Å². The number of hydrogen-bond acceptors (Lipinski definition) is 3. The van der Waals surface area contributed by atoms with Gasteiger partial charge in [-0.2, -0.15) is 0 Å². The molecule has 1 aromatic heterocycles. The van der Waals surface area contributed by atoms with Gasteiger partial charge in [0.25, 0.3) is 6.43 Å². The van der Waals surface area contributed by atoms with E-state index in [9.17, 15) is 13.6 Å². The second-order valence-corrected chi connectivity index (χ2v) is 3.77. The average Bonchev–Trinajstić information content (AvgIpc) is 2.21. The summed E-state index contributed by atoms with van der Waals surface area (Å²) in [4.78, 5) is 15.2. The molecule has 0 atom stereocenters. The molecular weight excluding hydrogens is 284 g/mol. The lowest BCUT2D eigenvalue weighted by molar-refractivity contribution is 0.0514. The van der Waals surface area contributed by atoms with Crippen molar-refractivity contribution in [1.29, 1.82) is 0 Å². The normalized spacial score (nSPS) is 10.6. The molecule has 0 amide bonds. The largest absolute Gasteiger partial charge is 0.462 e. The third-order valence-electron chi connectivity index (χ3n) is 2.02. The zero-order valence-electron chi connectivity index (χ0n) is 8.76. The Hall–Kier alpha value is -1.04. The van der Waals surface area contributed by atoms with Crippen molar-refractivity contribution in [3.63, 3.8) is 0 Å². The van der Waals surface area contributed by atoms with E-state index in [-0.39, 0.29) is 23.3 Å². The van der Waals surface area contributed by atoms with Gasteiger partial charge in [0.2, 0.25) is 0 Å². The van der Waals surface area contributed by atoms with Gasteiger partial charge in [-0.25, -0.2) is 18.6 Å². The quantitative estimate of drug-likeness (QED) is 0.634. The molecule has 0 bridgehead atoms. The van der Waals surface area contributed by atoms with Crippen LogP contribution in [0.25, 0.3) is 0 Å². The molecule has 1 rings (SSSR count). The summed E-state index contributed by atoms with van der Waals surface area (Å²) in [6.07, 6.45) is -1.64. The highest BCUT2D eigenvalue weighted by molar-refractivity contribution is 9.10. The van der Waals surface area contributed by atoms with Crippen LogP contribution in [-0.2, 0) is 4.74 Å². The number of hydrogen-bond donors (Lipinski definition) is 0. The number of esters is 1. The molecule has 0 fully saturated rings. The van der Waals surface area contributed by atoms with Crippen LogP contribution in [0.1, 0.15) is 34.8 Å². The van der Waals surface area contributed by atoms with Gasteiger partial charge in [0.15, 0.2) is 0 Å². The number of pyridine rings is 1. The SMILES string of the molecule is CCOC(=O)c1cnc(Br)c(C)c1C(F)F. The minimum atomic E-state index is -2.74. The van der Waals surface area contributed by atoms with Gasteiger partial charge in [-0.1, -0.05) is 0 Å². The Bertz CT molecular complexity index is 410. The molecule has 88 valence electrons. The lowest BCUT2D eigenvalue weighted by Crippen LogP contribution is -2.11. The first-order valence-electron chi connectivity index (χ1n) is 4.59. The zero-order chi connectivity index (χ0) is 12.3. The van der Waals surface area contributed by atoms with Crippen molar-refractivity contribution in [2.75, 3.05) is 6.61 Å². The number of carbonyl (C=O) groups is 1. The summed E-state index contributed by atoms with van der Waals surface area (Å²) >= 11 is 3.04. The Morgan fingerprint density at radius 1 is 1.62 bits per heavy atom. The van der Waals surface area contributed by atoms with Crippen molar-refractivity contribution in [2.24, 2.45) is 0 Å². The number of ether oxygens (including phenoxy) is 1. The molecular formula is C10H10BrF2NO2. The van der Waals surface area contributed by atoms with Crippen LogP contribution in [0.4, 0.5) is 8.78 Å². The second-order valence-electron chi connectivity index (χ2n) is 3.02. The van der Waals surface area contributed by atoms with Crippen LogP contribution in [0.2, 0.25) is 0 Å². The second kappa shape index (κ2) is 5.34. The Morgan fingerprint density at radius 3 is 2.75 bits per heavy atom. The Balaban J connectivity index is 3.28. The predicted molar refractivity (Wildman–Crippen MR) is 57.6 cm³/mol. The molecule has 6 heteroatoms. The summed E-state index contributed by atoms with van der Waals surface area (Å²) in [5, 5.41) is 0. The van der Waals surface area contributed by atoms with Gasteiger partial charge >= 0.3 is 5.97 Å². The first-order chi connectivity index (χ1) is 7.49. The average molecular weight is 294 g/mol. The highest BCUT2D eigenvalue weighted by Crippen LogP contribution is 2.30. The first kappa shape index (κ1) is 13.0. The summed E-state index contributed by atoms with van der Waals surface area (Å²) in [7, 11) is 0. The first-order valence-corrected chi connectivity index (χ1v) is 5.38. The maximum Gasteiger partial charge on any atom is 0.340 e. The Morgan fingerprint density at radius 2 is 2.25 bits per heavy atom. The monoisotopic (exact) mass is 293 g/mol. The van der Waals surface area contributed by atoms with Crippen molar-refractivity contribution in [1.82, 2.24) is 4.98 Å². The van der Waals surface area contributed by atoms with Crippen LogP contribution in [0.15, 0.2) is 10.8 Å². The van der Waals surface area contributed by atoms with Crippen LogP contribution >= 0.6 is 15.9 Å². The third-order valence-corrected chi connectivity index (χ3v) is 2.82. The van der Waals surface area contributed by atoms with Gasteiger partial charge < -0.3 is 4.74 Å². The van der Waals surface area contributed by atoms with E-state index in [1.165, 1.54) is 6.92 Å². The number of halogens is 3. The van der Waals surface area contributed by atoms with E-state index in [0.717, 1.165) is 6.20 Å². The van der Waals surface area contributed by atoms with Crippen LogP contribution in [0.5, 0.6) is 0 Å². The maximum atomic E-state index is 12.8. The van der Waals surface area contributed by atoms with E-state index in [1.807, 2.05) is 0 Å². The molecule has 0 N–H and O–H groups in total. The Kier molecular flexibility index (Phi) is 4.35. The van der Waals surface area contributed by atoms with Gasteiger partial charge in [0.1, 0.15) is 4.60 Å². The fourth-order valence-electron chi connectivity index (χ4n) is 1.25. The van der Waals surface area contributed by atoms with E-state index in [1.54, 1.807) is 6.92 Å². The number of nitrogens with zero attached hydrogens (tertiary/aromatic N) is 1. The highest BCUT2D eigenvalue weighted by atomic mass is 79.9. The van der Waals surface area contributed by atoms with Gasteiger partial charge in [-0.05, 0) is 35.3 Å². The van der Waals surface area contributed by atoms with Crippen LogP contribution in [-0.4, -0.2) is 17.6 Å². The number of rotatable bonds is 3. The number of carbonyl (C=O) groups excluding carboxylic acids is 1. The van der Waals surface area contributed by atoms with Crippen molar-refractivity contribution >= 4 is 21.9 Å². The minimum absolute atomic E-state index is 0.136. The summed E-state index contributed by atoms with van der Waals surface area (Å²) in [6, 6.07) is 0. The van der Waals surface area contributed by atoms with Crippen molar-refractivity contribution in [3.8, 4) is 0 Å². The fraction of sp³-hybridized carbons (Fsp3) is 0.400. The molecule has 3 nitrogen and oxygen atoms in total. The van der Waals surface area contributed by atoms with Crippen LogP contribution in [0, 0.1) is 6.92 Å². The Labute approximate surface area is 99.9 Å². The molecule has 0 aliphatic heterocycles. The molecule has 0 saturated heterocycles. The van der Waals surface area contributed by atoms with E-state index >= 15 is 0 Å². The van der Waals surface area contributed by atoms with Gasteiger partial charge in [-0.15, -0.1) is 0 Å². The van der Waals surface area contributed by atoms with E-state index in [0.29, 0.717) is 4.60 Å². The molecule has 0 spiro atoms. The third kappa shape index (κ3) is 2.55. The van der Waals surface area contributed by atoms with Crippen molar-refractivity contribution in [2.45, 2.75) is 20.3 Å². The minimum Gasteiger partial charge on any atom is -0.462 e. The smallest absolute Gasteiger partial charge is 0.340 e. The molecule has 0 aliphatic rings. The molecule has 0 saturated carbocycles. The molecule has 0 unspecified atom stereocenters. The van der Waals surface area contributed by atoms with Crippen molar-refractivity contribution < 1.29 is 18.3 Å². The lowest BCUT2D eigenvalue weighted by Gasteiger charge is -2.11. The topological polar surface area (TPSA) is 39.2 Å². The summed E-state index contributed by atoms with van der Waals surface area (Å²) < 4.78 is 30.6. The number of aromatic nitrogens is 1. The zero-order valence-corrected chi connectivity index (χ0v) is 10.3. The summed E-state index contributed by atoms with van der Waals surface area (Å²) in [6.45, 7) is 3.22. The predicted octanol–water partition coefficient (Wildman–Crippen LogP) is 3.27. The molecule has 0 radical (unpaired) electrons. The van der Waals surface area contributed by atoms with Crippen LogP contribution < -0.4 is 0 Å². The number of alkyl halides is 2. The lowest BCUT2D eigenvalue weighted by atomic mass is 10.1. The van der Waals surface area contributed by atoms with E-state index in [2.05, 4.69) is 25.7 Å². The van der Waals surface area contributed by atoms with E-state index < -0.39 is 12.4 Å². The molecule has 16 heavy (non-hydrogen) atoms.